The summed E-state index contributed by atoms with van der Waals surface area (Å²) in [6.45, 7) is 2.25. The van der Waals surface area contributed by atoms with Crippen LogP contribution in [-0.2, 0) is 9.84 Å². The van der Waals surface area contributed by atoms with Crippen LogP contribution < -0.4 is 0 Å². The molecule has 1 saturated heterocycles. The van der Waals surface area contributed by atoms with Gasteiger partial charge in [-0.05, 0) is 16.8 Å². The second-order valence-corrected chi connectivity index (χ2v) is 7.88. The Morgan fingerprint density at radius 2 is 1.81 bits per heavy atom. The van der Waals surface area contributed by atoms with Crippen LogP contribution in [0, 0.1) is 0 Å². The van der Waals surface area contributed by atoms with Crippen molar-refractivity contribution in [2.24, 2.45) is 0 Å². The summed E-state index contributed by atoms with van der Waals surface area (Å²) >= 11 is 0. The van der Waals surface area contributed by atoms with Crippen molar-refractivity contribution < 1.29 is 13.2 Å². The molecule has 1 amide bonds. The van der Waals surface area contributed by atoms with E-state index in [4.69, 9.17) is 0 Å². The molecule has 0 spiro atoms. The fourth-order valence-corrected chi connectivity index (χ4v) is 3.93. The first-order chi connectivity index (χ1) is 10.0. The molecule has 21 heavy (non-hydrogen) atoms. The molecule has 1 fully saturated rings. The molecule has 0 aliphatic carbocycles. The minimum Gasteiger partial charge on any atom is -0.336 e. The maximum absolute atomic E-state index is 12.5. The smallest absolute Gasteiger partial charge is 0.254 e. The Morgan fingerprint density at radius 1 is 1.14 bits per heavy atom. The second-order valence-electron chi connectivity index (χ2n) is 5.31. The van der Waals surface area contributed by atoms with E-state index in [-0.39, 0.29) is 11.7 Å². The predicted octanol–water partition coefficient (Wildman–Crippen LogP) is 2.10. The molecule has 0 bridgehead atoms. The summed E-state index contributed by atoms with van der Waals surface area (Å²) in [6, 6.07) is 13.3. The van der Waals surface area contributed by atoms with E-state index in [2.05, 4.69) is 0 Å². The fraction of sp³-hybridized carbons (Fsp3) is 0.312. The van der Waals surface area contributed by atoms with Crippen LogP contribution >= 0.6 is 0 Å². The van der Waals surface area contributed by atoms with Crippen molar-refractivity contribution in [2.45, 2.75) is 12.2 Å². The summed E-state index contributed by atoms with van der Waals surface area (Å²) in [5.41, 5.74) is 0.639. The number of carbonyl (C=O) groups excluding carboxylic acids is 1. The highest BCUT2D eigenvalue weighted by Gasteiger charge is 2.39. The molecule has 5 heteroatoms. The molecule has 2 aromatic carbocycles. The highest BCUT2D eigenvalue weighted by Crippen LogP contribution is 2.24. The van der Waals surface area contributed by atoms with E-state index in [1.165, 1.54) is 0 Å². The Balaban J connectivity index is 1.84. The zero-order valence-corrected chi connectivity index (χ0v) is 12.6. The summed E-state index contributed by atoms with van der Waals surface area (Å²) < 4.78 is 23.5. The molecule has 0 N–H and O–H groups in total. The van der Waals surface area contributed by atoms with Crippen LogP contribution in [-0.4, -0.2) is 43.3 Å². The molecule has 0 aromatic heterocycles. The number of rotatable bonds is 3. The van der Waals surface area contributed by atoms with E-state index in [1.54, 1.807) is 17.9 Å². The van der Waals surface area contributed by atoms with Crippen molar-refractivity contribution in [3.05, 3.63) is 48.0 Å². The van der Waals surface area contributed by atoms with Crippen LogP contribution in [0.3, 0.4) is 0 Å². The monoisotopic (exact) mass is 303 g/mol. The lowest BCUT2D eigenvalue weighted by Crippen LogP contribution is -2.57. The summed E-state index contributed by atoms with van der Waals surface area (Å²) in [5.74, 6) is 0.0443. The van der Waals surface area contributed by atoms with Crippen molar-refractivity contribution >= 4 is 26.5 Å². The Bertz CT molecular complexity index is 787. The van der Waals surface area contributed by atoms with E-state index < -0.39 is 15.1 Å². The van der Waals surface area contributed by atoms with Crippen molar-refractivity contribution in [2.75, 3.05) is 18.8 Å². The number of benzene rings is 2. The van der Waals surface area contributed by atoms with Crippen LogP contribution in [0.5, 0.6) is 0 Å². The lowest BCUT2D eigenvalue weighted by atomic mass is 10.0. The largest absolute Gasteiger partial charge is 0.336 e. The quantitative estimate of drug-likeness (QED) is 0.872. The standard InChI is InChI=1S/C16H17NO3S/c1-2-21(19,20)13-10-17(11-13)16(18)15-9-5-7-12-6-3-4-8-14(12)15/h3-9,13H,2,10-11H2,1H3. The van der Waals surface area contributed by atoms with Crippen LogP contribution in [0.1, 0.15) is 17.3 Å². The molecule has 0 saturated carbocycles. The number of hydrogen-bond acceptors (Lipinski definition) is 3. The number of amides is 1. The first kappa shape index (κ1) is 14.1. The first-order valence-corrected chi connectivity index (χ1v) is 8.73. The number of likely N-dealkylation sites (tertiary alicyclic amines) is 1. The molecule has 1 heterocycles. The first-order valence-electron chi connectivity index (χ1n) is 7.01. The van der Waals surface area contributed by atoms with Crippen molar-refractivity contribution in [3.8, 4) is 0 Å². The Labute approximate surface area is 124 Å². The summed E-state index contributed by atoms with van der Waals surface area (Å²) in [4.78, 5) is 14.1. The van der Waals surface area contributed by atoms with E-state index in [0.29, 0.717) is 18.7 Å². The van der Waals surface area contributed by atoms with Gasteiger partial charge < -0.3 is 4.90 Å². The van der Waals surface area contributed by atoms with Gasteiger partial charge in [-0.1, -0.05) is 43.3 Å². The van der Waals surface area contributed by atoms with Crippen LogP contribution in [0.4, 0.5) is 0 Å². The Kier molecular flexibility index (Phi) is 3.45. The van der Waals surface area contributed by atoms with Gasteiger partial charge in [0.2, 0.25) is 0 Å². The minimum absolute atomic E-state index is 0.0886. The van der Waals surface area contributed by atoms with E-state index in [0.717, 1.165) is 10.8 Å². The maximum Gasteiger partial charge on any atom is 0.254 e. The van der Waals surface area contributed by atoms with Crippen molar-refractivity contribution in [3.63, 3.8) is 0 Å². The molecule has 2 aromatic rings. The Morgan fingerprint density at radius 3 is 2.52 bits per heavy atom. The number of fused-ring (bicyclic) bond motifs is 1. The third-order valence-corrected chi connectivity index (χ3v) is 6.18. The van der Waals surface area contributed by atoms with Crippen molar-refractivity contribution in [1.82, 2.24) is 4.90 Å². The van der Waals surface area contributed by atoms with Gasteiger partial charge in [-0.2, -0.15) is 0 Å². The molecule has 4 nitrogen and oxygen atoms in total. The van der Waals surface area contributed by atoms with Crippen LogP contribution in [0.15, 0.2) is 42.5 Å². The molecular weight excluding hydrogens is 286 g/mol. The normalized spacial score (nSPS) is 16.0. The SMILES string of the molecule is CCS(=O)(=O)C1CN(C(=O)c2cccc3ccccc23)C1. The average Bonchev–Trinajstić information content (AvgIpc) is 2.44. The van der Waals surface area contributed by atoms with Gasteiger partial charge in [0.05, 0.1) is 5.25 Å². The Hall–Kier alpha value is -1.88. The van der Waals surface area contributed by atoms with E-state index >= 15 is 0 Å². The topological polar surface area (TPSA) is 54.5 Å². The van der Waals surface area contributed by atoms with Crippen molar-refractivity contribution in [1.29, 1.82) is 0 Å². The predicted molar refractivity (Wildman–Crippen MR) is 83.1 cm³/mol. The molecule has 1 aliphatic heterocycles. The zero-order valence-electron chi connectivity index (χ0n) is 11.8. The van der Waals surface area contributed by atoms with Gasteiger partial charge in [-0.25, -0.2) is 8.42 Å². The zero-order chi connectivity index (χ0) is 15.0. The molecule has 110 valence electrons. The van der Waals surface area contributed by atoms with Crippen LogP contribution in [0.2, 0.25) is 0 Å². The summed E-state index contributed by atoms with van der Waals surface area (Å²) in [6.07, 6.45) is 0. The van der Waals surface area contributed by atoms with Gasteiger partial charge in [-0.3, -0.25) is 4.79 Å². The molecule has 1 aliphatic rings. The van der Waals surface area contributed by atoms with Gasteiger partial charge in [0.1, 0.15) is 0 Å². The summed E-state index contributed by atoms with van der Waals surface area (Å²) in [7, 11) is -3.05. The van der Waals surface area contributed by atoms with Crippen LogP contribution in [0.25, 0.3) is 10.8 Å². The number of hydrogen-bond donors (Lipinski definition) is 0. The molecule has 3 rings (SSSR count). The number of nitrogens with zero attached hydrogens (tertiary/aromatic N) is 1. The number of sulfone groups is 1. The lowest BCUT2D eigenvalue weighted by molar-refractivity contribution is 0.0661. The van der Waals surface area contributed by atoms with Gasteiger partial charge in [0.25, 0.3) is 5.91 Å². The third kappa shape index (κ3) is 2.42. The minimum atomic E-state index is -3.05. The molecular formula is C16H17NO3S. The third-order valence-electron chi connectivity index (χ3n) is 4.07. The average molecular weight is 303 g/mol. The molecule has 0 atom stereocenters. The fourth-order valence-electron chi connectivity index (χ4n) is 2.65. The van der Waals surface area contributed by atoms with Gasteiger partial charge in [0, 0.05) is 24.4 Å². The van der Waals surface area contributed by atoms with Gasteiger partial charge in [-0.15, -0.1) is 0 Å². The van der Waals surface area contributed by atoms with E-state index in [1.807, 2.05) is 36.4 Å². The lowest BCUT2D eigenvalue weighted by Gasteiger charge is -2.38. The van der Waals surface area contributed by atoms with E-state index in [9.17, 15) is 13.2 Å². The maximum atomic E-state index is 12.5. The number of carbonyl (C=O) groups is 1. The highest BCUT2D eigenvalue weighted by atomic mass is 32.2. The molecule has 0 radical (unpaired) electrons. The molecule has 0 unspecified atom stereocenters. The summed E-state index contributed by atoms with van der Waals surface area (Å²) in [5, 5.41) is 1.52. The van der Waals surface area contributed by atoms with Gasteiger partial charge >= 0.3 is 0 Å². The van der Waals surface area contributed by atoms with Gasteiger partial charge in [0.15, 0.2) is 9.84 Å². The second kappa shape index (κ2) is 5.15. The highest BCUT2D eigenvalue weighted by molar-refractivity contribution is 7.92.